The summed E-state index contributed by atoms with van der Waals surface area (Å²) in [4.78, 5) is 24.9. The lowest BCUT2D eigenvalue weighted by atomic mass is 10.2. The number of hydrogen-bond donors (Lipinski definition) is 1. The molecule has 0 radical (unpaired) electrons. The van der Waals surface area contributed by atoms with Gasteiger partial charge in [0.05, 0.1) is 0 Å². The van der Waals surface area contributed by atoms with Crippen molar-refractivity contribution in [2.24, 2.45) is 0 Å². The molecule has 6 nitrogen and oxygen atoms in total. The SMILES string of the molecule is CNc1cc(N2CCCN(C(C)=O)CC2)nc(C(C)C)n1. The van der Waals surface area contributed by atoms with Gasteiger partial charge in [-0.1, -0.05) is 13.8 Å². The Labute approximate surface area is 126 Å². The predicted molar refractivity (Wildman–Crippen MR) is 84.8 cm³/mol. The van der Waals surface area contributed by atoms with Gasteiger partial charge in [0.15, 0.2) is 0 Å². The highest BCUT2D eigenvalue weighted by Crippen LogP contribution is 2.21. The largest absolute Gasteiger partial charge is 0.373 e. The van der Waals surface area contributed by atoms with Gasteiger partial charge in [-0.2, -0.15) is 0 Å². The summed E-state index contributed by atoms with van der Waals surface area (Å²) in [5.41, 5.74) is 0. The second-order valence-corrected chi connectivity index (χ2v) is 5.72. The van der Waals surface area contributed by atoms with Crippen molar-refractivity contribution in [3.8, 4) is 0 Å². The molecule has 1 N–H and O–H groups in total. The van der Waals surface area contributed by atoms with Crippen LogP contribution in [0.1, 0.15) is 38.9 Å². The number of rotatable bonds is 3. The standard InChI is InChI=1S/C15H25N5O/c1-11(2)15-17-13(16-4)10-14(18-15)20-7-5-6-19(8-9-20)12(3)21/h10-11H,5-9H2,1-4H3,(H,16,17,18). The van der Waals surface area contributed by atoms with E-state index in [0.29, 0.717) is 0 Å². The fourth-order valence-electron chi connectivity index (χ4n) is 2.46. The Morgan fingerprint density at radius 3 is 2.62 bits per heavy atom. The fourth-order valence-corrected chi connectivity index (χ4v) is 2.46. The summed E-state index contributed by atoms with van der Waals surface area (Å²) in [7, 11) is 1.87. The monoisotopic (exact) mass is 291 g/mol. The molecule has 1 aliphatic rings. The van der Waals surface area contributed by atoms with Crippen molar-refractivity contribution in [3.63, 3.8) is 0 Å². The number of carbonyl (C=O) groups is 1. The van der Waals surface area contributed by atoms with E-state index in [0.717, 1.165) is 50.1 Å². The second kappa shape index (κ2) is 6.74. The van der Waals surface area contributed by atoms with Crippen LogP contribution in [-0.4, -0.2) is 54.0 Å². The third-order valence-electron chi connectivity index (χ3n) is 3.77. The maximum Gasteiger partial charge on any atom is 0.219 e. The molecular weight excluding hydrogens is 266 g/mol. The molecule has 0 unspecified atom stereocenters. The molecular formula is C15H25N5O. The number of amides is 1. The van der Waals surface area contributed by atoms with Crippen molar-refractivity contribution in [1.82, 2.24) is 14.9 Å². The Morgan fingerprint density at radius 1 is 1.24 bits per heavy atom. The number of carbonyl (C=O) groups excluding carboxylic acids is 1. The summed E-state index contributed by atoms with van der Waals surface area (Å²) in [5.74, 6) is 3.08. The van der Waals surface area contributed by atoms with Crippen LogP contribution in [0.3, 0.4) is 0 Å². The maximum absolute atomic E-state index is 11.5. The number of nitrogens with zero attached hydrogens (tertiary/aromatic N) is 4. The average molecular weight is 291 g/mol. The molecule has 0 bridgehead atoms. The minimum atomic E-state index is 0.151. The second-order valence-electron chi connectivity index (χ2n) is 5.72. The molecule has 2 rings (SSSR count). The zero-order valence-corrected chi connectivity index (χ0v) is 13.4. The van der Waals surface area contributed by atoms with Gasteiger partial charge in [-0.3, -0.25) is 4.79 Å². The molecule has 116 valence electrons. The first-order chi connectivity index (χ1) is 10.0. The Balaban J connectivity index is 2.20. The van der Waals surface area contributed by atoms with Crippen molar-refractivity contribution >= 4 is 17.5 Å². The van der Waals surface area contributed by atoms with E-state index in [2.05, 4.69) is 34.0 Å². The first-order valence-corrected chi connectivity index (χ1v) is 7.58. The molecule has 1 aromatic rings. The van der Waals surface area contributed by atoms with E-state index in [1.807, 2.05) is 18.0 Å². The minimum absolute atomic E-state index is 0.151. The fraction of sp³-hybridized carbons (Fsp3) is 0.667. The van der Waals surface area contributed by atoms with Crippen molar-refractivity contribution in [2.45, 2.75) is 33.1 Å². The van der Waals surface area contributed by atoms with Crippen molar-refractivity contribution in [1.29, 1.82) is 0 Å². The van der Waals surface area contributed by atoms with Gasteiger partial charge < -0.3 is 15.1 Å². The third kappa shape index (κ3) is 3.83. The lowest BCUT2D eigenvalue weighted by Crippen LogP contribution is -2.34. The third-order valence-corrected chi connectivity index (χ3v) is 3.77. The van der Waals surface area contributed by atoms with E-state index in [-0.39, 0.29) is 11.8 Å². The molecule has 1 aromatic heterocycles. The Hall–Kier alpha value is -1.85. The summed E-state index contributed by atoms with van der Waals surface area (Å²) >= 11 is 0. The van der Waals surface area contributed by atoms with Crippen LogP contribution in [0.2, 0.25) is 0 Å². The number of nitrogens with one attached hydrogen (secondary N) is 1. The van der Waals surface area contributed by atoms with E-state index in [1.165, 1.54) is 0 Å². The van der Waals surface area contributed by atoms with Crippen molar-refractivity contribution < 1.29 is 4.79 Å². The van der Waals surface area contributed by atoms with Crippen LogP contribution in [-0.2, 0) is 4.79 Å². The molecule has 0 aliphatic carbocycles. The Bertz CT molecular complexity index is 503. The van der Waals surface area contributed by atoms with Gasteiger partial charge in [0, 0.05) is 52.1 Å². The normalized spacial score (nSPS) is 16.0. The molecule has 1 amide bonds. The van der Waals surface area contributed by atoms with Gasteiger partial charge in [0.2, 0.25) is 5.91 Å². The lowest BCUT2D eigenvalue weighted by Gasteiger charge is -2.23. The molecule has 0 atom stereocenters. The minimum Gasteiger partial charge on any atom is -0.373 e. The molecule has 1 aliphatic heterocycles. The zero-order valence-electron chi connectivity index (χ0n) is 13.4. The average Bonchev–Trinajstić information content (AvgIpc) is 2.72. The van der Waals surface area contributed by atoms with E-state index in [4.69, 9.17) is 0 Å². The van der Waals surface area contributed by atoms with Crippen molar-refractivity contribution in [2.75, 3.05) is 43.4 Å². The van der Waals surface area contributed by atoms with Crippen LogP contribution < -0.4 is 10.2 Å². The molecule has 0 spiro atoms. The summed E-state index contributed by atoms with van der Waals surface area (Å²) in [6.07, 6.45) is 0.968. The van der Waals surface area contributed by atoms with Crippen LogP contribution in [0.25, 0.3) is 0 Å². The number of anilines is 2. The quantitative estimate of drug-likeness (QED) is 0.918. The predicted octanol–water partition coefficient (Wildman–Crippen LogP) is 1.70. The van der Waals surface area contributed by atoms with Gasteiger partial charge in [-0.05, 0) is 6.42 Å². The van der Waals surface area contributed by atoms with E-state index < -0.39 is 0 Å². The van der Waals surface area contributed by atoms with E-state index in [1.54, 1.807) is 6.92 Å². The summed E-state index contributed by atoms with van der Waals surface area (Å²) in [6.45, 7) is 9.14. The first kappa shape index (κ1) is 15.5. The Kier molecular flexibility index (Phi) is 4.98. The molecule has 21 heavy (non-hydrogen) atoms. The molecule has 0 saturated carbocycles. The summed E-state index contributed by atoms with van der Waals surface area (Å²) < 4.78 is 0. The van der Waals surface area contributed by atoms with E-state index in [9.17, 15) is 4.79 Å². The maximum atomic E-state index is 11.5. The zero-order chi connectivity index (χ0) is 15.4. The van der Waals surface area contributed by atoms with Gasteiger partial charge in [-0.15, -0.1) is 0 Å². The molecule has 0 aromatic carbocycles. The molecule has 1 saturated heterocycles. The van der Waals surface area contributed by atoms with Crippen molar-refractivity contribution in [3.05, 3.63) is 11.9 Å². The molecule has 6 heteroatoms. The van der Waals surface area contributed by atoms with E-state index >= 15 is 0 Å². The van der Waals surface area contributed by atoms with Crippen LogP contribution >= 0.6 is 0 Å². The van der Waals surface area contributed by atoms with Gasteiger partial charge in [-0.25, -0.2) is 9.97 Å². The van der Waals surface area contributed by atoms with Crippen LogP contribution in [0, 0.1) is 0 Å². The van der Waals surface area contributed by atoms with Gasteiger partial charge >= 0.3 is 0 Å². The molecule has 1 fully saturated rings. The first-order valence-electron chi connectivity index (χ1n) is 7.58. The summed E-state index contributed by atoms with van der Waals surface area (Å²) in [5, 5.41) is 3.10. The van der Waals surface area contributed by atoms with Crippen LogP contribution in [0.15, 0.2) is 6.07 Å². The number of hydrogen-bond acceptors (Lipinski definition) is 5. The number of aromatic nitrogens is 2. The smallest absolute Gasteiger partial charge is 0.219 e. The molecule has 2 heterocycles. The Morgan fingerprint density at radius 2 is 2.00 bits per heavy atom. The highest BCUT2D eigenvalue weighted by molar-refractivity contribution is 5.73. The highest BCUT2D eigenvalue weighted by atomic mass is 16.2. The van der Waals surface area contributed by atoms with Crippen LogP contribution in [0.4, 0.5) is 11.6 Å². The highest BCUT2D eigenvalue weighted by Gasteiger charge is 2.19. The topological polar surface area (TPSA) is 61.4 Å². The van der Waals surface area contributed by atoms with Gasteiger partial charge in [0.25, 0.3) is 0 Å². The summed E-state index contributed by atoms with van der Waals surface area (Å²) in [6, 6.07) is 1.98. The lowest BCUT2D eigenvalue weighted by molar-refractivity contribution is -0.128. The van der Waals surface area contributed by atoms with Gasteiger partial charge in [0.1, 0.15) is 17.5 Å². The van der Waals surface area contributed by atoms with Crippen LogP contribution in [0.5, 0.6) is 0 Å².